The fourth-order valence-electron chi connectivity index (χ4n) is 2.47. The van der Waals surface area contributed by atoms with Crippen LogP contribution in [0.2, 0.25) is 9.36 Å². The Kier molecular flexibility index (Phi) is 6.54. The van der Waals surface area contributed by atoms with E-state index in [-0.39, 0.29) is 30.8 Å². The van der Waals surface area contributed by atoms with Gasteiger partial charge in [-0.2, -0.15) is 0 Å². The minimum absolute atomic E-state index is 0.0339. The molecule has 0 radical (unpaired) electrons. The molecule has 0 aliphatic rings. The molecule has 29 heavy (non-hydrogen) atoms. The molecule has 0 spiro atoms. The second-order valence-electron chi connectivity index (χ2n) is 6.16. The molecule has 3 N–H and O–H groups in total. The molecule has 11 heteroatoms. The van der Waals surface area contributed by atoms with Crippen LogP contribution >= 0.6 is 46.3 Å². The van der Waals surface area contributed by atoms with Crippen LogP contribution in [0, 0.1) is 5.92 Å². The van der Waals surface area contributed by atoms with Gasteiger partial charge < -0.3 is 10.2 Å². The van der Waals surface area contributed by atoms with Gasteiger partial charge in [-0.15, -0.1) is 23.1 Å². The van der Waals surface area contributed by atoms with Crippen molar-refractivity contribution in [1.82, 2.24) is 0 Å². The number of thiophene rings is 1. The van der Waals surface area contributed by atoms with E-state index in [1.165, 1.54) is 12.1 Å². The van der Waals surface area contributed by atoms with Crippen LogP contribution in [0.3, 0.4) is 0 Å². The number of rotatable bonds is 7. The summed E-state index contributed by atoms with van der Waals surface area (Å²) < 4.78 is 28.2. The molecule has 0 aliphatic carbocycles. The Balaban J connectivity index is 2.04. The highest BCUT2D eigenvalue weighted by Crippen LogP contribution is 2.42. The van der Waals surface area contributed by atoms with Crippen LogP contribution in [0.1, 0.15) is 6.92 Å². The van der Waals surface area contributed by atoms with Gasteiger partial charge in [0.1, 0.15) is 14.3 Å². The SMILES string of the molecule is CC(CSc1cc(NS(=O)(=O)c2cc(Cl)c(Cl)s2)c2ccccc2c1O)C(=O)O. The van der Waals surface area contributed by atoms with Gasteiger partial charge in [0.15, 0.2) is 0 Å². The minimum atomic E-state index is -3.97. The summed E-state index contributed by atoms with van der Waals surface area (Å²) in [4.78, 5) is 11.4. The fourth-order valence-corrected chi connectivity index (χ4v) is 6.44. The molecule has 1 unspecified atom stereocenters. The summed E-state index contributed by atoms with van der Waals surface area (Å²) >= 11 is 13.7. The maximum atomic E-state index is 12.8. The number of aliphatic carboxylic acids is 1. The quantitative estimate of drug-likeness (QED) is 0.296. The Bertz CT molecular complexity index is 1170. The average molecular weight is 492 g/mol. The fraction of sp³-hybridized carbons (Fsp3) is 0.167. The molecular formula is C18H15Cl2NO5S3. The standard InChI is InChI=1S/C18H15Cl2NO5S3/c1-9(18(23)24)8-27-14-7-13(10-4-2-3-5-11(10)16(14)22)21-29(25,26)15-6-12(19)17(20)28-15/h2-7,9,21-22H,8H2,1H3,(H,23,24). The van der Waals surface area contributed by atoms with Crippen LogP contribution in [0.5, 0.6) is 5.75 Å². The van der Waals surface area contributed by atoms with E-state index in [0.717, 1.165) is 23.1 Å². The van der Waals surface area contributed by atoms with Crippen molar-refractivity contribution in [3.05, 3.63) is 45.8 Å². The van der Waals surface area contributed by atoms with Crippen molar-refractivity contribution >= 4 is 78.8 Å². The smallest absolute Gasteiger partial charge is 0.307 e. The van der Waals surface area contributed by atoms with Crippen LogP contribution < -0.4 is 4.72 Å². The molecule has 154 valence electrons. The number of aromatic hydroxyl groups is 1. The molecule has 0 amide bonds. The summed E-state index contributed by atoms with van der Waals surface area (Å²) in [7, 11) is -3.97. The Labute approximate surface area is 185 Å². The number of sulfonamides is 1. The van der Waals surface area contributed by atoms with Gasteiger partial charge in [0.25, 0.3) is 10.0 Å². The van der Waals surface area contributed by atoms with Crippen molar-refractivity contribution in [2.45, 2.75) is 16.0 Å². The molecule has 2 aromatic carbocycles. The third-order valence-electron chi connectivity index (χ3n) is 4.02. The van der Waals surface area contributed by atoms with Crippen molar-refractivity contribution < 1.29 is 23.4 Å². The number of carboxylic acid groups (broad SMARTS) is 1. The highest BCUT2D eigenvalue weighted by Gasteiger charge is 2.22. The van der Waals surface area contributed by atoms with E-state index in [0.29, 0.717) is 15.7 Å². The van der Waals surface area contributed by atoms with E-state index in [1.807, 2.05) is 0 Å². The van der Waals surface area contributed by atoms with Crippen molar-refractivity contribution in [3.63, 3.8) is 0 Å². The van der Waals surface area contributed by atoms with E-state index >= 15 is 0 Å². The summed E-state index contributed by atoms with van der Waals surface area (Å²) in [5.41, 5.74) is 0.254. The lowest BCUT2D eigenvalue weighted by Gasteiger charge is -2.15. The van der Waals surface area contributed by atoms with Gasteiger partial charge in [0.05, 0.1) is 21.5 Å². The first-order valence-electron chi connectivity index (χ1n) is 8.18. The number of benzene rings is 2. The molecule has 0 fully saturated rings. The van der Waals surface area contributed by atoms with Crippen molar-refractivity contribution in [3.8, 4) is 5.75 Å². The second kappa shape index (κ2) is 8.61. The number of carboxylic acids is 1. The highest BCUT2D eigenvalue weighted by molar-refractivity contribution is 7.99. The summed E-state index contributed by atoms with van der Waals surface area (Å²) in [5, 5.41) is 20.8. The maximum absolute atomic E-state index is 12.8. The van der Waals surface area contributed by atoms with Gasteiger partial charge in [-0.05, 0) is 12.1 Å². The Morgan fingerprint density at radius 2 is 1.90 bits per heavy atom. The molecular weight excluding hydrogens is 477 g/mol. The molecule has 1 atom stereocenters. The predicted octanol–water partition coefficient (Wildman–Crippen LogP) is 5.53. The van der Waals surface area contributed by atoms with Crippen molar-refractivity contribution in [1.29, 1.82) is 0 Å². The predicted molar refractivity (Wildman–Crippen MR) is 118 cm³/mol. The summed E-state index contributed by atoms with van der Waals surface area (Å²) in [6.07, 6.45) is 0. The molecule has 6 nitrogen and oxygen atoms in total. The summed E-state index contributed by atoms with van der Waals surface area (Å²) in [6.45, 7) is 1.56. The summed E-state index contributed by atoms with van der Waals surface area (Å²) in [5.74, 6) is -1.41. The van der Waals surface area contributed by atoms with Crippen LogP contribution in [0.4, 0.5) is 5.69 Å². The number of halogens is 2. The first-order valence-corrected chi connectivity index (χ1v) is 12.2. The van der Waals surface area contributed by atoms with Gasteiger partial charge in [-0.3, -0.25) is 9.52 Å². The summed E-state index contributed by atoms with van der Waals surface area (Å²) in [6, 6.07) is 9.53. The maximum Gasteiger partial charge on any atom is 0.307 e. The topological polar surface area (TPSA) is 104 Å². The third-order valence-corrected chi connectivity index (χ3v) is 9.02. The van der Waals surface area contributed by atoms with Crippen LogP contribution in [-0.2, 0) is 14.8 Å². The molecule has 1 aromatic heterocycles. The lowest BCUT2D eigenvalue weighted by atomic mass is 10.1. The first kappa shape index (κ1) is 22.0. The molecule has 0 saturated heterocycles. The third kappa shape index (κ3) is 4.75. The molecule has 1 heterocycles. The zero-order chi connectivity index (χ0) is 21.3. The van der Waals surface area contributed by atoms with Gasteiger partial charge >= 0.3 is 5.97 Å². The second-order valence-corrected chi connectivity index (χ2v) is 11.2. The van der Waals surface area contributed by atoms with Gasteiger partial charge in [-0.25, -0.2) is 8.42 Å². The Morgan fingerprint density at radius 3 is 2.48 bits per heavy atom. The lowest BCUT2D eigenvalue weighted by molar-refractivity contribution is -0.140. The number of nitrogens with one attached hydrogen (secondary N) is 1. The van der Waals surface area contributed by atoms with Crippen molar-refractivity contribution in [2.75, 3.05) is 10.5 Å². The van der Waals surface area contributed by atoms with Gasteiger partial charge in [0.2, 0.25) is 0 Å². The van der Waals surface area contributed by atoms with E-state index in [1.54, 1.807) is 31.2 Å². The van der Waals surface area contributed by atoms with Crippen LogP contribution in [-0.4, -0.2) is 30.4 Å². The zero-order valence-corrected chi connectivity index (χ0v) is 18.8. The van der Waals surface area contributed by atoms with Crippen LogP contribution in [0.25, 0.3) is 10.8 Å². The molecule has 0 aliphatic heterocycles. The van der Waals surface area contributed by atoms with Crippen molar-refractivity contribution in [2.24, 2.45) is 5.92 Å². The van der Waals surface area contributed by atoms with E-state index in [2.05, 4.69) is 4.72 Å². The Morgan fingerprint density at radius 1 is 1.24 bits per heavy atom. The number of fused-ring (bicyclic) bond motifs is 1. The monoisotopic (exact) mass is 491 g/mol. The van der Waals surface area contributed by atoms with Gasteiger partial charge in [0, 0.05) is 16.5 Å². The van der Waals surface area contributed by atoms with Crippen LogP contribution in [0.15, 0.2) is 45.5 Å². The number of phenolic OH excluding ortho intramolecular Hbond substituents is 1. The largest absolute Gasteiger partial charge is 0.506 e. The minimum Gasteiger partial charge on any atom is -0.506 e. The number of hydrogen-bond acceptors (Lipinski definition) is 6. The number of carbonyl (C=O) groups is 1. The zero-order valence-electron chi connectivity index (χ0n) is 14.8. The number of thioether (sulfide) groups is 1. The number of phenols is 1. The van der Waals surface area contributed by atoms with E-state index < -0.39 is 21.9 Å². The first-order chi connectivity index (χ1) is 13.6. The van der Waals surface area contributed by atoms with Gasteiger partial charge in [-0.1, -0.05) is 54.4 Å². The lowest BCUT2D eigenvalue weighted by Crippen LogP contribution is -2.12. The van der Waals surface area contributed by atoms with E-state index in [4.69, 9.17) is 28.3 Å². The molecule has 3 rings (SSSR count). The normalized spacial score (nSPS) is 12.8. The Hall–Kier alpha value is -1.65. The molecule has 3 aromatic rings. The average Bonchev–Trinajstić information content (AvgIpc) is 3.02. The highest BCUT2D eigenvalue weighted by atomic mass is 35.5. The number of hydrogen-bond donors (Lipinski definition) is 3. The number of anilines is 1. The van der Waals surface area contributed by atoms with E-state index in [9.17, 15) is 18.3 Å². The molecule has 0 bridgehead atoms. The molecule has 0 saturated carbocycles.